The van der Waals surface area contributed by atoms with Crippen molar-refractivity contribution in [2.75, 3.05) is 0 Å². The summed E-state index contributed by atoms with van der Waals surface area (Å²) < 4.78 is 50.3. The minimum atomic E-state index is -4.56. The third-order valence-electron chi connectivity index (χ3n) is 6.97. The number of primary amides is 1. The highest BCUT2D eigenvalue weighted by Gasteiger charge is 2.38. The highest BCUT2D eigenvalue weighted by atomic mass is 35.5. The van der Waals surface area contributed by atoms with E-state index in [9.17, 15) is 27.9 Å². The number of nitrogens with zero attached hydrogens (tertiary/aromatic N) is 2. The zero-order chi connectivity index (χ0) is 30.1. The van der Waals surface area contributed by atoms with Gasteiger partial charge in [-0.1, -0.05) is 41.9 Å². The fraction of sp³-hybridized carbons (Fsp3) is 0.393. The van der Waals surface area contributed by atoms with Crippen molar-refractivity contribution in [2.45, 2.75) is 57.2 Å². The van der Waals surface area contributed by atoms with Gasteiger partial charge in [-0.3, -0.25) is 4.79 Å². The lowest BCUT2D eigenvalue weighted by atomic mass is 9.90. The number of rotatable bonds is 10. The Morgan fingerprint density at radius 2 is 1.95 bits per heavy atom. The second-order valence-corrected chi connectivity index (χ2v) is 10.5. The smallest absolute Gasteiger partial charge is 0.425 e. The van der Waals surface area contributed by atoms with Crippen molar-refractivity contribution in [1.29, 1.82) is 0 Å². The van der Waals surface area contributed by atoms with Crippen molar-refractivity contribution in [3.8, 4) is 17.0 Å². The number of hydrogen-bond donors (Lipinski definition) is 3. The van der Waals surface area contributed by atoms with Crippen molar-refractivity contribution in [3.05, 3.63) is 70.6 Å². The molecule has 0 bridgehead atoms. The number of alkyl carbamates (subject to hydrolysis) is 1. The number of halogens is 4. The van der Waals surface area contributed by atoms with Gasteiger partial charge in [0.15, 0.2) is 6.10 Å². The lowest BCUT2D eigenvalue weighted by molar-refractivity contribution is -0.189. The van der Waals surface area contributed by atoms with E-state index in [4.69, 9.17) is 26.8 Å². The summed E-state index contributed by atoms with van der Waals surface area (Å²) in [7, 11) is 1.83. The maximum atomic E-state index is 12.8. The number of nitrogens with one attached hydrogen (secondary N) is 1. The van der Waals surface area contributed by atoms with Gasteiger partial charge in [0, 0.05) is 24.7 Å². The molecule has 2 amide bonds. The normalized spacial score (nSPS) is 19.3. The van der Waals surface area contributed by atoms with E-state index >= 15 is 0 Å². The number of amides is 2. The van der Waals surface area contributed by atoms with E-state index in [-0.39, 0.29) is 35.8 Å². The molecule has 0 spiro atoms. The molecule has 4 rings (SSSR count). The number of nitrogens with two attached hydrogens (primary N) is 1. The van der Waals surface area contributed by atoms with Crippen LogP contribution in [-0.4, -0.2) is 45.0 Å². The fourth-order valence-corrected chi connectivity index (χ4v) is 4.81. The molecule has 0 saturated carbocycles. The Balaban J connectivity index is 1.42. The van der Waals surface area contributed by atoms with Gasteiger partial charge in [-0.2, -0.15) is 13.2 Å². The second kappa shape index (κ2) is 12.0. The van der Waals surface area contributed by atoms with Gasteiger partial charge >= 0.3 is 12.3 Å². The molecule has 2 heterocycles. The van der Waals surface area contributed by atoms with Gasteiger partial charge in [0.05, 0.1) is 16.8 Å². The minimum Gasteiger partial charge on any atom is -0.480 e. The molecule has 4 N–H and O–H groups in total. The van der Waals surface area contributed by atoms with Gasteiger partial charge in [-0.25, -0.2) is 9.78 Å². The summed E-state index contributed by atoms with van der Waals surface area (Å²) in [6.45, 7) is 2.65. The highest BCUT2D eigenvalue weighted by Crippen LogP contribution is 2.34. The number of carbonyl (C=O) groups excluding carboxylic acids is 2. The van der Waals surface area contributed by atoms with E-state index in [1.807, 2.05) is 42.1 Å². The molecule has 3 aromatic rings. The maximum absolute atomic E-state index is 12.8. The zero-order valence-corrected chi connectivity index (χ0v) is 23.2. The average Bonchev–Trinajstić information content (AvgIpc) is 3.44. The molecular weight excluding hydrogens is 565 g/mol. The molecule has 1 aliphatic rings. The number of aryl methyl sites for hydroxylation is 1. The Bertz CT molecular complexity index is 1410. The summed E-state index contributed by atoms with van der Waals surface area (Å²) in [4.78, 5) is 28.5. The Labute approximate surface area is 239 Å². The first-order chi connectivity index (χ1) is 19.2. The van der Waals surface area contributed by atoms with Crippen molar-refractivity contribution >= 4 is 23.6 Å². The van der Waals surface area contributed by atoms with Crippen LogP contribution in [0.25, 0.3) is 11.3 Å². The first-order valence-corrected chi connectivity index (χ1v) is 13.2. The van der Waals surface area contributed by atoms with Crippen LogP contribution >= 0.6 is 11.6 Å². The number of carbonyl (C=O) groups is 2. The topological polar surface area (TPSA) is 129 Å². The largest absolute Gasteiger partial charge is 0.480 e. The SMILES string of the molecule is C[C@@H]1OC(=O)N[C@@H]1c1nc(-c2ccc(C[C@@H](CC(O)c3ccc(O[C@H](C)C(F)(F)F)c(Cl)c3)C(N)=O)cc2)cn1C. The zero-order valence-electron chi connectivity index (χ0n) is 22.5. The molecule has 2 aromatic carbocycles. The summed E-state index contributed by atoms with van der Waals surface area (Å²) in [5.41, 5.74) is 8.25. The van der Waals surface area contributed by atoms with Gasteiger partial charge in [-0.05, 0) is 49.9 Å². The van der Waals surface area contributed by atoms with Crippen LogP contribution in [0, 0.1) is 5.92 Å². The van der Waals surface area contributed by atoms with Crippen LogP contribution in [0.5, 0.6) is 5.75 Å². The summed E-state index contributed by atoms with van der Waals surface area (Å²) in [6.07, 6.45) is -6.55. The molecule has 0 radical (unpaired) electrons. The summed E-state index contributed by atoms with van der Waals surface area (Å²) in [5, 5.41) is 13.4. The van der Waals surface area contributed by atoms with Crippen molar-refractivity contribution in [3.63, 3.8) is 0 Å². The molecule has 220 valence electrons. The van der Waals surface area contributed by atoms with Gasteiger partial charge in [0.25, 0.3) is 0 Å². The number of ether oxygens (including phenoxy) is 2. The number of alkyl halides is 3. The van der Waals surface area contributed by atoms with Crippen LogP contribution in [0.2, 0.25) is 5.02 Å². The molecule has 1 saturated heterocycles. The Morgan fingerprint density at radius 1 is 1.27 bits per heavy atom. The third kappa shape index (κ3) is 7.12. The molecule has 5 atom stereocenters. The molecule has 1 aliphatic heterocycles. The van der Waals surface area contributed by atoms with E-state index < -0.39 is 36.3 Å². The minimum absolute atomic E-state index is 0.0243. The van der Waals surface area contributed by atoms with Gasteiger partial charge in [0.2, 0.25) is 5.91 Å². The molecule has 41 heavy (non-hydrogen) atoms. The Kier molecular flexibility index (Phi) is 8.83. The van der Waals surface area contributed by atoms with Gasteiger partial charge in [0.1, 0.15) is 23.7 Å². The van der Waals surface area contributed by atoms with Crippen LogP contribution in [0.15, 0.2) is 48.7 Å². The van der Waals surface area contributed by atoms with E-state index in [0.717, 1.165) is 18.1 Å². The molecule has 1 aromatic heterocycles. The van der Waals surface area contributed by atoms with Crippen LogP contribution in [0.4, 0.5) is 18.0 Å². The summed E-state index contributed by atoms with van der Waals surface area (Å²) in [6, 6.07) is 11.0. The second-order valence-electron chi connectivity index (χ2n) is 10.1. The monoisotopic (exact) mass is 594 g/mol. The Hall–Kier alpha value is -3.77. The van der Waals surface area contributed by atoms with E-state index in [0.29, 0.717) is 17.1 Å². The lowest BCUT2D eigenvalue weighted by Crippen LogP contribution is -2.31. The lowest BCUT2D eigenvalue weighted by Gasteiger charge is -2.21. The van der Waals surface area contributed by atoms with Crippen molar-refractivity contribution in [1.82, 2.24) is 14.9 Å². The number of cyclic esters (lactones) is 1. The predicted octanol–water partition coefficient (Wildman–Crippen LogP) is 5.01. The summed E-state index contributed by atoms with van der Waals surface area (Å²) >= 11 is 6.10. The van der Waals surface area contributed by atoms with Gasteiger partial charge < -0.3 is 30.2 Å². The van der Waals surface area contributed by atoms with E-state index in [1.54, 1.807) is 6.92 Å². The average molecular weight is 595 g/mol. The number of hydrogen-bond acceptors (Lipinski definition) is 6. The van der Waals surface area contributed by atoms with Crippen LogP contribution in [0.1, 0.15) is 49.4 Å². The number of benzene rings is 2. The summed E-state index contributed by atoms with van der Waals surface area (Å²) in [5.74, 6) is -0.859. The fourth-order valence-electron chi connectivity index (χ4n) is 4.58. The van der Waals surface area contributed by atoms with Gasteiger partial charge in [-0.15, -0.1) is 0 Å². The quantitative estimate of drug-likeness (QED) is 0.303. The predicted molar refractivity (Wildman–Crippen MR) is 144 cm³/mol. The molecule has 9 nitrogen and oxygen atoms in total. The number of aliphatic hydroxyl groups is 1. The third-order valence-corrected chi connectivity index (χ3v) is 7.27. The molecule has 1 fully saturated rings. The van der Waals surface area contributed by atoms with Crippen molar-refractivity contribution < 1.29 is 37.3 Å². The number of aliphatic hydroxyl groups excluding tert-OH is 1. The number of aromatic nitrogens is 2. The maximum Gasteiger partial charge on any atom is 0.425 e. The Morgan fingerprint density at radius 3 is 2.51 bits per heavy atom. The number of imidazole rings is 1. The van der Waals surface area contributed by atoms with Crippen LogP contribution < -0.4 is 15.8 Å². The first kappa shape index (κ1) is 30.2. The van der Waals surface area contributed by atoms with Crippen molar-refractivity contribution in [2.24, 2.45) is 18.7 Å². The van der Waals surface area contributed by atoms with Crippen LogP contribution in [-0.2, 0) is 23.0 Å². The molecule has 0 aliphatic carbocycles. The van der Waals surface area contributed by atoms with E-state index in [2.05, 4.69) is 10.3 Å². The molecule has 13 heteroatoms. The highest BCUT2D eigenvalue weighted by molar-refractivity contribution is 6.32. The molecular formula is C28H30ClF3N4O5. The molecule has 1 unspecified atom stereocenters. The first-order valence-electron chi connectivity index (χ1n) is 12.8. The van der Waals surface area contributed by atoms with E-state index in [1.165, 1.54) is 18.2 Å². The van der Waals surface area contributed by atoms with Crippen LogP contribution in [0.3, 0.4) is 0 Å². The standard InChI is InChI=1S/C28H30ClF3N4O5/c1-14-24(35-27(39)40-14)26-34-21(13-36(26)3)17-6-4-16(5-7-17)10-19(25(33)38)12-22(37)18-8-9-23(20(29)11-18)41-15(2)28(30,31)32/h4-9,11,13-15,19,22,24,37H,10,12H2,1-3H3,(H2,33,38)(H,35,39)/t14-,15+,19-,22?,24-/m0/s1.